The average molecular weight is 311 g/mol. The van der Waals surface area contributed by atoms with Crippen LogP contribution in [-0.2, 0) is 21.2 Å². The first-order valence-electron chi connectivity index (χ1n) is 5.74. The maximum atomic E-state index is 11.9. The average Bonchev–Trinajstić information content (AvgIpc) is 2.81. The van der Waals surface area contributed by atoms with E-state index in [0.29, 0.717) is 0 Å². The summed E-state index contributed by atoms with van der Waals surface area (Å²) in [4.78, 5) is 16.9. The molecule has 1 aromatic heterocycles. The Morgan fingerprint density at radius 1 is 1.40 bits per heavy atom. The molecule has 0 radical (unpaired) electrons. The van der Waals surface area contributed by atoms with E-state index in [1.807, 2.05) is 6.92 Å². The maximum Gasteiger partial charge on any atom is 0.338 e. The van der Waals surface area contributed by atoms with Crippen LogP contribution in [0.15, 0.2) is 34.7 Å². The summed E-state index contributed by atoms with van der Waals surface area (Å²) in [5, 5.41) is 0. The Labute approximate surface area is 121 Å². The molecule has 0 saturated heterocycles. The Balaban J connectivity index is 2.12. The van der Waals surface area contributed by atoms with E-state index >= 15 is 0 Å². The number of nitrogens with zero attached hydrogens (tertiary/aromatic N) is 1. The number of aryl methyl sites for hydroxylation is 1. The molecule has 0 N–H and O–H groups in total. The van der Waals surface area contributed by atoms with E-state index in [2.05, 4.69) is 4.98 Å². The van der Waals surface area contributed by atoms with Crippen molar-refractivity contribution in [3.05, 3.63) is 45.9 Å². The molecule has 0 unspecified atom stereocenters. The smallest absolute Gasteiger partial charge is 0.338 e. The van der Waals surface area contributed by atoms with Crippen LogP contribution in [0, 0.1) is 6.92 Å². The minimum Gasteiger partial charge on any atom is -0.456 e. The van der Waals surface area contributed by atoms with Crippen molar-refractivity contribution in [1.29, 1.82) is 0 Å². The minimum atomic E-state index is -3.34. The van der Waals surface area contributed by atoms with Gasteiger partial charge in [0.25, 0.3) is 0 Å². The molecule has 0 saturated carbocycles. The number of thiazole rings is 1. The number of hydrogen-bond acceptors (Lipinski definition) is 6. The Bertz CT molecular complexity index is 734. The van der Waals surface area contributed by atoms with Gasteiger partial charge in [-0.25, -0.2) is 18.2 Å². The normalized spacial score (nSPS) is 11.3. The lowest BCUT2D eigenvalue weighted by Gasteiger charge is -2.05. The molecule has 1 aromatic carbocycles. The zero-order valence-corrected chi connectivity index (χ0v) is 12.6. The summed E-state index contributed by atoms with van der Waals surface area (Å²) in [6, 6.07) is 5.80. The van der Waals surface area contributed by atoms with Gasteiger partial charge < -0.3 is 4.74 Å². The molecule has 0 bridgehead atoms. The van der Waals surface area contributed by atoms with Crippen LogP contribution in [0.3, 0.4) is 0 Å². The molecule has 0 aliphatic carbocycles. The molecule has 5 nitrogen and oxygen atoms in total. The topological polar surface area (TPSA) is 73.3 Å². The van der Waals surface area contributed by atoms with E-state index in [1.54, 1.807) is 5.51 Å². The van der Waals surface area contributed by atoms with E-state index in [9.17, 15) is 13.2 Å². The summed E-state index contributed by atoms with van der Waals surface area (Å²) in [6.07, 6.45) is 1.10. The number of ether oxygens (including phenoxy) is 1. The summed E-state index contributed by atoms with van der Waals surface area (Å²) in [6.45, 7) is 1.97. The van der Waals surface area contributed by atoms with E-state index in [0.717, 1.165) is 16.8 Å². The van der Waals surface area contributed by atoms with E-state index in [-0.39, 0.29) is 17.1 Å². The van der Waals surface area contributed by atoms with E-state index in [4.69, 9.17) is 4.74 Å². The fraction of sp³-hybridized carbons (Fsp3) is 0.231. The number of benzene rings is 1. The predicted molar refractivity (Wildman–Crippen MR) is 75.5 cm³/mol. The predicted octanol–water partition coefficient (Wildman–Crippen LogP) is 2.21. The van der Waals surface area contributed by atoms with Gasteiger partial charge in [-0.3, -0.25) is 0 Å². The third-order valence-electron chi connectivity index (χ3n) is 2.68. The van der Waals surface area contributed by atoms with Crippen LogP contribution in [0.1, 0.15) is 20.9 Å². The maximum absolute atomic E-state index is 11.9. The molecule has 20 heavy (non-hydrogen) atoms. The van der Waals surface area contributed by atoms with Gasteiger partial charge in [-0.2, -0.15) is 0 Å². The molecular formula is C13H13NO4S2. The lowest BCUT2D eigenvalue weighted by Crippen LogP contribution is -2.07. The fourth-order valence-electron chi connectivity index (χ4n) is 1.53. The lowest BCUT2D eigenvalue weighted by atomic mass is 10.2. The standard InChI is InChI=1S/C13H13NO4S2/c1-9-12(19-8-14-9)7-18-13(15)10-4-3-5-11(6-10)20(2,16)17/h3-6,8H,7H2,1-2H3. The highest BCUT2D eigenvalue weighted by molar-refractivity contribution is 7.90. The third-order valence-corrected chi connectivity index (χ3v) is 4.70. The number of sulfone groups is 1. The highest BCUT2D eigenvalue weighted by Gasteiger charge is 2.13. The lowest BCUT2D eigenvalue weighted by molar-refractivity contribution is 0.0476. The number of hydrogen-bond donors (Lipinski definition) is 0. The second-order valence-electron chi connectivity index (χ2n) is 4.24. The molecule has 2 aromatic rings. The van der Waals surface area contributed by atoms with Crippen molar-refractivity contribution in [2.45, 2.75) is 18.4 Å². The second kappa shape index (κ2) is 5.72. The van der Waals surface area contributed by atoms with Crippen molar-refractivity contribution in [3.8, 4) is 0 Å². The van der Waals surface area contributed by atoms with Crippen LogP contribution in [-0.4, -0.2) is 25.6 Å². The van der Waals surface area contributed by atoms with Crippen LogP contribution in [0.25, 0.3) is 0 Å². The molecule has 7 heteroatoms. The monoisotopic (exact) mass is 311 g/mol. The Morgan fingerprint density at radius 3 is 2.75 bits per heavy atom. The zero-order chi connectivity index (χ0) is 14.8. The van der Waals surface area contributed by atoms with Crippen LogP contribution in [0.2, 0.25) is 0 Å². The van der Waals surface area contributed by atoms with Crippen molar-refractivity contribution in [2.24, 2.45) is 0 Å². The largest absolute Gasteiger partial charge is 0.456 e. The van der Waals surface area contributed by atoms with Crippen molar-refractivity contribution < 1.29 is 17.9 Å². The summed E-state index contributed by atoms with van der Waals surface area (Å²) in [5.74, 6) is -0.552. The molecule has 0 atom stereocenters. The van der Waals surface area contributed by atoms with Gasteiger partial charge in [0.2, 0.25) is 0 Å². The summed E-state index contributed by atoms with van der Waals surface area (Å²) in [7, 11) is -3.34. The fourth-order valence-corrected chi connectivity index (χ4v) is 2.89. The van der Waals surface area contributed by atoms with Crippen LogP contribution < -0.4 is 0 Å². The third kappa shape index (κ3) is 3.43. The summed E-state index contributed by atoms with van der Waals surface area (Å²) >= 11 is 1.41. The molecule has 0 fully saturated rings. The van der Waals surface area contributed by atoms with Crippen molar-refractivity contribution >= 4 is 27.1 Å². The molecule has 2 rings (SSSR count). The molecule has 0 spiro atoms. The van der Waals surface area contributed by atoms with Gasteiger partial charge in [0, 0.05) is 6.26 Å². The second-order valence-corrected chi connectivity index (χ2v) is 7.19. The SMILES string of the molecule is Cc1ncsc1COC(=O)c1cccc(S(C)(=O)=O)c1. The van der Waals surface area contributed by atoms with Gasteiger partial charge in [0.05, 0.1) is 26.5 Å². The molecular weight excluding hydrogens is 298 g/mol. The molecule has 0 aliphatic heterocycles. The van der Waals surface area contributed by atoms with Crippen LogP contribution >= 0.6 is 11.3 Å². The number of rotatable bonds is 4. The van der Waals surface area contributed by atoms with E-state index < -0.39 is 15.8 Å². The number of esters is 1. The molecule has 0 amide bonds. The first-order valence-corrected chi connectivity index (χ1v) is 8.51. The number of carbonyl (C=O) groups excluding carboxylic acids is 1. The van der Waals surface area contributed by atoms with Crippen molar-refractivity contribution in [1.82, 2.24) is 4.98 Å². The van der Waals surface area contributed by atoms with Gasteiger partial charge in [0.1, 0.15) is 6.61 Å². The first-order chi connectivity index (χ1) is 9.38. The Kier molecular flexibility index (Phi) is 4.20. The molecule has 1 heterocycles. The van der Waals surface area contributed by atoms with Gasteiger partial charge in [-0.1, -0.05) is 6.07 Å². The van der Waals surface area contributed by atoms with Gasteiger partial charge in [-0.05, 0) is 25.1 Å². The summed E-state index contributed by atoms with van der Waals surface area (Å²) < 4.78 is 28.0. The number of carbonyl (C=O) groups is 1. The molecule has 106 valence electrons. The Morgan fingerprint density at radius 2 is 2.15 bits per heavy atom. The van der Waals surface area contributed by atoms with Gasteiger partial charge in [0.15, 0.2) is 9.84 Å². The molecule has 0 aliphatic rings. The highest BCUT2D eigenvalue weighted by Crippen LogP contribution is 2.16. The summed E-state index contributed by atoms with van der Waals surface area (Å²) in [5.41, 5.74) is 2.73. The minimum absolute atomic E-state index is 0.0981. The quantitative estimate of drug-likeness (QED) is 0.809. The highest BCUT2D eigenvalue weighted by atomic mass is 32.2. The zero-order valence-electron chi connectivity index (χ0n) is 11.0. The van der Waals surface area contributed by atoms with Crippen molar-refractivity contribution in [3.63, 3.8) is 0 Å². The van der Waals surface area contributed by atoms with Gasteiger partial charge >= 0.3 is 5.97 Å². The van der Waals surface area contributed by atoms with Crippen LogP contribution in [0.5, 0.6) is 0 Å². The first kappa shape index (κ1) is 14.7. The van der Waals surface area contributed by atoms with Gasteiger partial charge in [-0.15, -0.1) is 11.3 Å². The van der Waals surface area contributed by atoms with E-state index in [1.165, 1.54) is 35.6 Å². The Hall–Kier alpha value is -1.73. The number of aromatic nitrogens is 1. The van der Waals surface area contributed by atoms with Crippen LogP contribution in [0.4, 0.5) is 0 Å². The van der Waals surface area contributed by atoms with Crippen molar-refractivity contribution in [2.75, 3.05) is 6.26 Å².